The van der Waals surface area contributed by atoms with Crippen LogP contribution in [0.2, 0.25) is 0 Å². The number of hydrogen-bond donors (Lipinski definition) is 0. The first-order valence-corrected chi connectivity index (χ1v) is 10.7. The summed E-state index contributed by atoms with van der Waals surface area (Å²) in [5, 5.41) is 0. The van der Waals surface area contributed by atoms with E-state index in [0.29, 0.717) is 6.61 Å². The van der Waals surface area contributed by atoms with Gasteiger partial charge in [0, 0.05) is 12.5 Å². The molecule has 0 N–H and O–H groups in total. The summed E-state index contributed by atoms with van der Waals surface area (Å²) in [5.41, 5.74) is 2.43. The van der Waals surface area contributed by atoms with Crippen molar-refractivity contribution in [3.05, 3.63) is 33.9 Å². The molecule has 0 radical (unpaired) electrons. The molecule has 3 aliphatic rings. The van der Waals surface area contributed by atoms with Crippen molar-refractivity contribution in [2.45, 2.75) is 38.6 Å². The van der Waals surface area contributed by atoms with E-state index in [1.54, 1.807) is 26.0 Å². The highest BCUT2D eigenvalue weighted by molar-refractivity contribution is 8.04. The second-order valence-corrected chi connectivity index (χ2v) is 8.45. The van der Waals surface area contributed by atoms with Crippen molar-refractivity contribution in [2.24, 2.45) is 5.92 Å². The first kappa shape index (κ1) is 18.5. The molecule has 1 amide bonds. The van der Waals surface area contributed by atoms with E-state index >= 15 is 0 Å². The summed E-state index contributed by atoms with van der Waals surface area (Å²) in [6.07, 6.45) is 4.05. The van der Waals surface area contributed by atoms with Gasteiger partial charge in [0.25, 0.3) is 5.91 Å². The van der Waals surface area contributed by atoms with Crippen LogP contribution in [-0.4, -0.2) is 43.9 Å². The van der Waals surface area contributed by atoms with Crippen LogP contribution in [0.5, 0.6) is 11.5 Å². The van der Waals surface area contributed by atoms with Gasteiger partial charge >= 0.3 is 0 Å². The summed E-state index contributed by atoms with van der Waals surface area (Å²) in [7, 11) is 3.32. The molecule has 1 fully saturated rings. The Bertz CT molecular complexity index is 776. The van der Waals surface area contributed by atoms with Gasteiger partial charge in [-0.15, -0.1) is 11.8 Å². The fourth-order valence-corrected chi connectivity index (χ4v) is 5.46. The van der Waals surface area contributed by atoms with Crippen molar-refractivity contribution >= 4 is 17.7 Å². The Morgan fingerprint density at radius 1 is 1.22 bits per heavy atom. The van der Waals surface area contributed by atoms with Gasteiger partial charge in [0.1, 0.15) is 10.7 Å². The number of rotatable bonds is 4. The second kappa shape index (κ2) is 7.66. The van der Waals surface area contributed by atoms with Crippen molar-refractivity contribution < 1.29 is 19.0 Å². The summed E-state index contributed by atoms with van der Waals surface area (Å²) in [5.74, 6) is 3.62. The normalized spacial score (nSPS) is 24.4. The number of ether oxygens (including phenoxy) is 3. The zero-order valence-electron chi connectivity index (χ0n) is 16.2. The Hall–Kier alpha value is -1.82. The topological polar surface area (TPSA) is 48.0 Å². The first-order chi connectivity index (χ1) is 13.2. The Labute approximate surface area is 165 Å². The van der Waals surface area contributed by atoms with Gasteiger partial charge in [0.2, 0.25) is 0 Å². The lowest BCUT2D eigenvalue weighted by molar-refractivity contribution is -0.132. The van der Waals surface area contributed by atoms with Crippen LogP contribution >= 0.6 is 11.8 Å². The minimum Gasteiger partial charge on any atom is -0.496 e. The molecule has 3 aliphatic heterocycles. The van der Waals surface area contributed by atoms with Gasteiger partial charge in [-0.1, -0.05) is 6.92 Å². The third kappa shape index (κ3) is 3.08. The van der Waals surface area contributed by atoms with Gasteiger partial charge in [0.05, 0.1) is 26.9 Å². The largest absolute Gasteiger partial charge is 0.496 e. The molecule has 4 rings (SSSR count). The highest BCUT2D eigenvalue weighted by atomic mass is 32.2. The standard InChI is InChI=1S/C21H27NO4S/c1-4-27-20-19-14(7-5-6-10-26-19)18-15-12-17(25-3)16(24-2)11-13(15)8-9-22(18)21(20)23/h11-12,14,18H,4-10H2,1-3H3. The smallest absolute Gasteiger partial charge is 0.264 e. The van der Waals surface area contributed by atoms with E-state index in [4.69, 9.17) is 14.2 Å². The van der Waals surface area contributed by atoms with Gasteiger partial charge in [0.15, 0.2) is 11.5 Å². The van der Waals surface area contributed by atoms with E-state index in [-0.39, 0.29) is 17.9 Å². The van der Waals surface area contributed by atoms with E-state index in [9.17, 15) is 4.79 Å². The molecule has 1 aromatic carbocycles. The van der Waals surface area contributed by atoms with Crippen LogP contribution < -0.4 is 9.47 Å². The predicted molar refractivity (Wildman–Crippen MR) is 106 cm³/mol. The Kier molecular flexibility index (Phi) is 5.26. The third-order valence-corrected chi connectivity index (χ3v) is 6.73. The summed E-state index contributed by atoms with van der Waals surface area (Å²) in [4.78, 5) is 16.2. The molecule has 0 bridgehead atoms. The average molecular weight is 390 g/mol. The zero-order chi connectivity index (χ0) is 19.0. The fraction of sp³-hybridized carbons (Fsp3) is 0.571. The zero-order valence-corrected chi connectivity index (χ0v) is 17.1. The number of benzene rings is 1. The Balaban J connectivity index is 1.85. The molecular weight excluding hydrogens is 362 g/mol. The van der Waals surface area contributed by atoms with E-state index in [0.717, 1.165) is 60.1 Å². The highest BCUT2D eigenvalue weighted by Gasteiger charge is 2.46. The van der Waals surface area contributed by atoms with E-state index in [1.165, 1.54) is 11.1 Å². The molecule has 2 unspecified atom stereocenters. The maximum Gasteiger partial charge on any atom is 0.264 e. The third-order valence-electron chi connectivity index (χ3n) is 5.77. The Morgan fingerprint density at radius 3 is 2.74 bits per heavy atom. The number of methoxy groups -OCH3 is 2. The summed E-state index contributed by atoms with van der Waals surface area (Å²) >= 11 is 1.62. The van der Waals surface area contributed by atoms with Crippen LogP contribution in [0.25, 0.3) is 0 Å². The molecule has 2 atom stereocenters. The summed E-state index contributed by atoms with van der Waals surface area (Å²) < 4.78 is 17.2. The predicted octanol–water partition coefficient (Wildman–Crippen LogP) is 3.92. The molecule has 1 aromatic rings. The van der Waals surface area contributed by atoms with E-state index in [1.807, 2.05) is 0 Å². The lowest BCUT2D eigenvalue weighted by Crippen LogP contribution is -2.47. The fourth-order valence-electron chi connectivity index (χ4n) is 4.57. The van der Waals surface area contributed by atoms with E-state index < -0.39 is 0 Å². The quantitative estimate of drug-likeness (QED) is 0.781. The van der Waals surface area contributed by atoms with Crippen LogP contribution in [0.4, 0.5) is 0 Å². The molecule has 0 saturated carbocycles. The number of fused-ring (bicyclic) bond motifs is 5. The van der Waals surface area contributed by atoms with Crippen molar-refractivity contribution in [1.29, 1.82) is 0 Å². The molecular formula is C21H27NO4S. The maximum absolute atomic E-state index is 13.3. The number of amides is 1. The molecule has 0 spiro atoms. The number of nitrogens with zero attached hydrogens (tertiary/aromatic N) is 1. The van der Waals surface area contributed by atoms with Crippen molar-refractivity contribution in [3.8, 4) is 11.5 Å². The van der Waals surface area contributed by atoms with Gasteiger partial charge < -0.3 is 19.1 Å². The summed E-state index contributed by atoms with van der Waals surface area (Å²) in [6.45, 7) is 3.54. The van der Waals surface area contributed by atoms with Gasteiger partial charge in [-0.05, 0) is 54.7 Å². The second-order valence-electron chi connectivity index (χ2n) is 7.18. The number of hydrogen-bond acceptors (Lipinski definition) is 5. The lowest BCUT2D eigenvalue weighted by atomic mass is 9.79. The van der Waals surface area contributed by atoms with Crippen molar-refractivity contribution in [1.82, 2.24) is 4.90 Å². The molecule has 1 saturated heterocycles. The first-order valence-electron chi connectivity index (χ1n) is 9.75. The van der Waals surface area contributed by atoms with Gasteiger partial charge in [-0.3, -0.25) is 4.79 Å². The number of thioether (sulfide) groups is 1. The van der Waals surface area contributed by atoms with Crippen LogP contribution in [0.3, 0.4) is 0 Å². The van der Waals surface area contributed by atoms with Crippen LogP contribution in [0, 0.1) is 5.92 Å². The van der Waals surface area contributed by atoms with Crippen LogP contribution in [0.15, 0.2) is 22.8 Å². The highest BCUT2D eigenvalue weighted by Crippen LogP contribution is 2.50. The monoisotopic (exact) mass is 389 g/mol. The minimum absolute atomic E-state index is 0.0235. The van der Waals surface area contributed by atoms with Crippen molar-refractivity contribution in [3.63, 3.8) is 0 Å². The Morgan fingerprint density at radius 2 is 2.00 bits per heavy atom. The minimum atomic E-state index is 0.0235. The molecule has 0 aromatic heterocycles. The van der Waals surface area contributed by atoms with Crippen LogP contribution in [-0.2, 0) is 16.0 Å². The molecule has 6 heteroatoms. The number of carbonyl (C=O) groups excluding carboxylic acids is 1. The maximum atomic E-state index is 13.3. The average Bonchev–Trinajstić information content (AvgIpc) is 2.95. The molecule has 3 heterocycles. The molecule has 0 aliphatic carbocycles. The van der Waals surface area contributed by atoms with Crippen molar-refractivity contribution in [2.75, 3.05) is 33.1 Å². The van der Waals surface area contributed by atoms with E-state index in [2.05, 4.69) is 24.0 Å². The molecule has 27 heavy (non-hydrogen) atoms. The summed E-state index contributed by atoms with van der Waals surface area (Å²) in [6, 6.07) is 4.17. The lowest BCUT2D eigenvalue weighted by Gasteiger charge is -2.45. The number of carbonyl (C=O) groups is 1. The van der Waals surface area contributed by atoms with Gasteiger partial charge in [-0.2, -0.15) is 0 Å². The SMILES string of the molecule is CCSC1=C2OCCCCC2C2c3cc(OC)c(OC)cc3CCN2C1=O. The van der Waals surface area contributed by atoms with Gasteiger partial charge in [-0.25, -0.2) is 0 Å². The van der Waals surface area contributed by atoms with Crippen LogP contribution in [0.1, 0.15) is 43.4 Å². The molecule has 5 nitrogen and oxygen atoms in total. The molecule has 146 valence electrons.